The molecule has 0 aliphatic heterocycles. The normalized spacial score (nSPS) is 17.1. The van der Waals surface area contributed by atoms with Crippen LogP contribution in [-0.4, -0.2) is 11.1 Å². The van der Waals surface area contributed by atoms with Crippen molar-refractivity contribution in [2.24, 2.45) is 4.99 Å². The second-order valence-corrected chi connectivity index (χ2v) is 4.10. The van der Waals surface area contributed by atoms with Crippen molar-refractivity contribution in [3.05, 3.63) is 35.8 Å². The van der Waals surface area contributed by atoms with Crippen molar-refractivity contribution in [2.45, 2.75) is 18.4 Å². The number of rotatable bonds is 2. The lowest BCUT2D eigenvalue weighted by Gasteiger charge is -2.09. The number of benzene rings is 1. The van der Waals surface area contributed by atoms with Crippen molar-refractivity contribution in [1.82, 2.24) is 4.98 Å². The third-order valence-electron chi connectivity index (χ3n) is 3.15. The molecule has 0 amide bonds. The van der Waals surface area contributed by atoms with Crippen LogP contribution >= 0.6 is 0 Å². The molecule has 1 aromatic carbocycles. The first kappa shape index (κ1) is 9.31. The molecule has 1 heterocycles. The molecule has 1 N–H and O–H groups in total. The van der Waals surface area contributed by atoms with E-state index < -0.39 is 5.54 Å². The number of isocyanates is 1. The second-order valence-electron chi connectivity index (χ2n) is 4.10. The van der Waals surface area contributed by atoms with E-state index in [1.165, 1.54) is 6.08 Å². The molecular weight excluding hydrogens is 207 g/mol. The molecule has 0 unspecified atom stereocenters. The van der Waals surface area contributed by atoms with Gasteiger partial charge in [-0.05, 0) is 18.9 Å². The fraction of sp³-hybridized carbons (Fsp3) is 0.250. The molecule has 0 saturated heterocycles. The van der Waals surface area contributed by atoms with Crippen molar-refractivity contribution in [3.63, 3.8) is 0 Å². The van der Waals surface area contributed by atoms with Gasteiger partial charge in [0.05, 0.1) is 5.52 Å². The Labute approximate surface area is 91.0 Å². The molecule has 3 rings (SSSR count). The van der Waals surface area contributed by atoms with Crippen LogP contribution in [0.3, 0.4) is 0 Å². The lowest BCUT2D eigenvalue weighted by molar-refractivity contribution is 0.549. The summed E-state index contributed by atoms with van der Waals surface area (Å²) in [5.74, 6) is -0.306. The van der Waals surface area contributed by atoms with Crippen LogP contribution in [0.2, 0.25) is 0 Å². The highest BCUT2D eigenvalue weighted by Crippen LogP contribution is 2.50. The first-order chi connectivity index (χ1) is 7.77. The number of carbonyl (C=O) groups excluding carboxylic acids is 1. The topological polar surface area (TPSA) is 45.2 Å². The van der Waals surface area contributed by atoms with Gasteiger partial charge < -0.3 is 4.98 Å². The number of aromatic nitrogens is 1. The van der Waals surface area contributed by atoms with Crippen LogP contribution in [0.5, 0.6) is 0 Å². The summed E-state index contributed by atoms with van der Waals surface area (Å²) in [7, 11) is 0. The average molecular weight is 216 g/mol. The standard InChI is InChI=1S/C12H9FN2O/c13-10-9(12(4-5-12)15-7-16)2-1-8-3-6-14-11(8)10/h1-3,6,14H,4-5H2. The van der Waals surface area contributed by atoms with Gasteiger partial charge in [0.25, 0.3) is 0 Å². The molecule has 0 radical (unpaired) electrons. The number of aliphatic imine (C=N–C) groups is 1. The van der Waals surface area contributed by atoms with E-state index >= 15 is 0 Å². The van der Waals surface area contributed by atoms with Crippen molar-refractivity contribution >= 4 is 17.0 Å². The van der Waals surface area contributed by atoms with Crippen LogP contribution in [0.1, 0.15) is 18.4 Å². The van der Waals surface area contributed by atoms with E-state index in [0.717, 1.165) is 5.39 Å². The highest BCUT2D eigenvalue weighted by atomic mass is 19.1. The van der Waals surface area contributed by atoms with Crippen LogP contribution < -0.4 is 0 Å². The Morgan fingerprint density at radius 1 is 1.38 bits per heavy atom. The summed E-state index contributed by atoms with van der Waals surface area (Å²) in [4.78, 5) is 16.9. The minimum absolute atomic E-state index is 0.306. The molecular formula is C12H9FN2O. The lowest BCUT2D eigenvalue weighted by atomic mass is 10.0. The maximum Gasteiger partial charge on any atom is 0.235 e. The second kappa shape index (κ2) is 3.03. The molecule has 0 spiro atoms. The van der Waals surface area contributed by atoms with E-state index in [-0.39, 0.29) is 5.82 Å². The first-order valence-electron chi connectivity index (χ1n) is 5.12. The fourth-order valence-electron chi connectivity index (χ4n) is 2.10. The quantitative estimate of drug-likeness (QED) is 0.608. The maximum atomic E-state index is 14.1. The van der Waals surface area contributed by atoms with Gasteiger partial charge in [-0.3, -0.25) is 0 Å². The fourth-order valence-corrected chi connectivity index (χ4v) is 2.10. The molecule has 1 aliphatic rings. The molecule has 3 nitrogen and oxygen atoms in total. The van der Waals surface area contributed by atoms with Gasteiger partial charge in [-0.25, -0.2) is 9.18 Å². The van der Waals surface area contributed by atoms with Crippen LogP contribution in [0.25, 0.3) is 10.9 Å². The Bertz CT molecular complexity index is 607. The predicted octanol–water partition coefficient (Wildman–Crippen LogP) is 2.63. The zero-order valence-electron chi connectivity index (χ0n) is 8.46. The zero-order valence-corrected chi connectivity index (χ0v) is 8.46. The minimum atomic E-state index is -0.648. The van der Waals surface area contributed by atoms with E-state index in [1.807, 2.05) is 12.1 Å². The zero-order chi connectivity index (χ0) is 11.2. The third-order valence-corrected chi connectivity index (χ3v) is 3.15. The monoisotopic (exact) mass is 216 g/mol. The average Bonchev–Trinajstić information content (AvgIpc) is 2.89. The van der Waals surface area contributed by atoms with E-state index in [1.54, 1.807) is 12.3 Å². The Morgan fingerprint density at radius 3 is 2.88 bits per heavy atom. The Balaban J connectivity index is 2.24. The number of nitrogens with one attached hydrogen (secondary N) is 1. The number of hydrogen-bond acceptors (Lipinski definition) is 2. The van der Waals surface area contributed by atoms with E-state index in [2.05, 4.69) is 9.98 Å². The number of hydrogen-bond donors (Lipinski definition) is 1. The molecule has 80 valence electrons. The molecule has 1 aromatic heterocycles. The lowest BCUT2D eigenvalue weighted by Crippen LogP contribution is -2.05. The number of halogens is 1. The van der Waals surface area contributed by atoms with Gasteiger partial charge in [0.15, 0.2) is 5.82 Å². The van der Waals surface area contributed by atoms with Crippen molar-refractivity contribution in [2.75, 3.05) is 0 Å². The summed E-state index contributed by atoms with van der Waals surface area (Å²) in [5.41, 5.74) is 0.321. The molecule has 1 saturated carbocycles. The molecule has 1 aliphatic carbocycles. The van der Waals surface area contributed by atoms with Gasteiger partial charge >= 0.3 is 0 Å². The van der Waals surface area contributed by atoms with E-state index in [9.17, 15) is 9.18 Å². The number of H-pyrrole nitrogens is 1. The van der Waals surface area contributed by atoms with Gasteiger partial charge in [-0.15, -0.1) is 0 Å². The molecule has 1 fully saturated rings. The Kier molecular flexibility index (Phi) is 1.76. The summed E-state index contributed by atoms with van der Waals surface area (Å²) in [6.07, 6.45) is 4.66. The predicted molar refractivity (Wildman–Crippen MR) is 57.3 cm³/mol. The Morgan fingerprint density at radius 2 is 2.19 bits per heavy atom. The molecule has 16 heavy (non-hydrogen) atoms. The van der Waals surface area contributed by atoms with Gasteiger partial charge in [-0.1, -0.05) is 12.1 Å². The van der Waals surface area contributed by atoms with E-state index in [4.69, 9.17) is 0 Å². The molecule has 0 atom stereocenters. The number of fused-ring (bicyclic) bond motifs is 1. The smallest absolute Gasteiger partial charge is 0.235 e. The summed E-state index contributed by atoms with van der Waals surface area (Å²) in [5, 5.41) is 0.826. The summed E-state index contributed by atoms with van der Waals surface area (Å²) < 4.78 is 14.1. The molecule has 0 bridgehead atoms. The van der Waals surface area contributed by atoms with Crippen molar-refractivity contribution in [3.8, 4) is 0 Å². The third kappa shape index (κ3) is 1.14. The van der Waals surface area contributed by atoms with E-state index in [0.29, 0.717) is 23.9 Å². The van der Waals surface area contributed by atoms with Gasteiger partial charge in [0, 0.05) is 17.1 Å². The summed E-state index contributed by atoms with van der Waals surface area (Å²) in [6, 6.07) is 5.36. The molecule has 4 heteroatoms. The van der Waals surface area contributed by atoms with Crippen LogP contribution in [0.4, 0.5) is 4.39 Å². The van der Waals surface area contributed by atoms with Gasteiger partial charge in [-0.2, -0.15) is 4.99 Å². The maximum absolute atomic E-state index is 14.1. The Hall–Kier alpha value is -1.93. The van der Waals surface area contributed by atoms with Crippen LogP contribution in [0, 0.1) is 5.82 Å². The highest BCUT2D eigenvalue weighted by Gasteiger charge is 2.47. The molecule has 2 aromatic rings. The van der Waals surface area contributed by atoms with Crippen LogP contribution in [0.15, 0.2) is 29.4 Å². The largest absolute Gasteiger partial charge is 0.359 e. The SMILES string of the molecule is O=C=NC1(c2ccc3cc[nH]c3c2F)CC1. The summed E-state index contributed by atoms with van der Waals surface area (Å²) in [6.45, 7) is 0. The summed E-state index contributed by atoms with van der Waals surface area (Å²) >= 11 is 0. The van der Waals surface area contributed by atoms with Crippen LogP contribution in [-0.2, 0) is 10.3 Å². The highest BCUT2D eigenvalue weighted by molar-refractivity contribution is 5.81. The van der Waals surface area contributed by atoms with Gasteiger partial charge in [0.1, 0.15) is 5.54 Å². The first-order valence-corrected chi connectivity index (χ1v) is 5.12. The van der Waals surface area contributed by atoms with Crippen molar-refractivity contribution in [1.29, 1.82) is 0 Å². The van der Waals surface area contributed by atoms with Gasteiger partial charge in [0.2, 0.25) is 6.08 Å². The number of aromatic amines is 1. The number of nitrogens with zero attached hydrogens (tertiary/aromatic N) is 1. The minimum Gasteiger partial charge on any atom is -0.359 e. The van der Waals surface area contributed by atoms with Crippen molar-refractivity contribution < 1.29 is 9.18 Å².